The zero-order valence-electron chi connectivity index (χ0n) is 17.2. The summed E-state index contributed by atoms with van der Waals surface area (Å²) in [5.74, 6) is 1.45. The number of nitrogens with one attached hydrogen (secondary N) is 2. The zero-order valence-corrected chi connectivity index (χ0v) is 19.5. The average Bonchev–Trinajstić information content (AvgIpc) is 3.43. The third-order valence-corrected chi connectivity index (χ3v) is 5.72. The van der Waals surface area contributed by atoms with Crippen molar-refractivity contribution in [3.05, 3.63) is 0 Å². The Balaban J connectivity index is 0.00000280. The smallest absolute Gasteiger partial charge is 0.225 e. The van der Waals surface area contributed by atoms with Gasteiger partial charge >= 0.3 is 0 Å². The van der Waals surface area contributed by atoms with Crippen LogP contribution in [0.1, 0.15) is 51.9 Å². The normalized spacial score (nSPS) is 25.8. The van der Waals surface area contributed by atoms with Gasteiger partial charge in [-0.2, -0.15) is 0 Å². The van der Waals surface area contributed by atoms with E-state index in [1.807, 2.05) is 4.90 Å². The first-order valence-corrected chi connectivity index (χ1v) is 10.8. The fraction of sp³-hybridized carbons (Fsp3) is 0.900. The van der Waals surface area contributed by atoms with Crippen LogP contribution in [-0.2, 0) is 14.3 Å². The maximum absolute atomic E-state index is 12.6. The van der Waals surface area contributed by atoms with Crippen LogP contribution in [0.4, 0.5) is 0 Å². The molecule has 1 amide bonds. The van der Waals surface area contributed by atoms with E-state index in [0.717, 1.165) is 64.3 Å². The Bertz CT molecular complexity index is 494. The molecule has 2 saturated heterocycles. The van der Waals surface area contributed by atoms with Gasteiger partial charge in [-0.3, -0.25) is 9.79 Å². The van der Waals surface area contributed by atoms with Crippen LogP contribution in [-0.4, -0.2) is 74.9 Å². The Labute approximate surface area is 186 Å². The molecule has 0 aromatic heterocycles. The quantitative estimate of drug-likeness (QED) is 0.228. The molecule has 2 heterocycles. The molecule has 2 atom stereocenters. The van der Waals surface area contributed by atoms with Crippen LogP contribution in [0.2, 0.25) is 0 Å². The Hall–Kier alpha value is -0.610. The summed E-state index contributed by atoms with van der Waals surface area (Å²) in [6.07, 6.45) is 8.05. The first-order valence-electron chi connectivity index (χ1n) is 10.8. The second kappa shape index (κ2) is 12.8. The van der Waals surface area contributed by atoms with Gasteiger partial charge in [-0.05, 0) is 39.0 Å². The van der Waals surface area contributed by atoms with Crippen molar-refractivity contribution >= 4 is 35.8 Å². The number of ether oxygens (including phenoxy) is 2. The van der Waals surface area contributed by atoms with Crippen LogP contribution in [0.3, 0.4) is 0 Å². The summed E-state index contributed by atoms with van der Waals surface area (Å²) in [4.78, 5) is 19.2. The number of hydrogen-bond donors (Lipinski definition) is 2. The molecule has 2 aliphatic heterocycles. The SMILES string of the molecule is CCNC(=NCCOCC1CCCO1)NC1CCN(C(=O)C2CCCC2)C1.I. The van der Waals surface area contributed by atoms with E-state index in [4.69, 9.17) is 9.47 Å². The lowest BCUT2D eigenvalue weighted by Gasteiger charge is -2.21. The van der Waals surface area contributed by atoms with Crippen molar-refractivity contribution in [2.24, 2.45) is 10.9 Å². The van der Waals surface area contributed by atoms with E-state index < -0.39 is 0 Å². The molecule has 3 aliphatic rings. The lowest BCUT2D eigenvalue weighted by atomic mass is 10.1. The minimum Gasteiger partial charge on any atom is -0.377 e. The van der Waals surface area contributed by atoms with Crippen molar-refractivity contribution in [3.8, 4) is 0 Å². The molecule has 0 radical (unpaired) electrons. The van der Waals surface area contributed by atoms with Gasteiger partial charge in [0.15, 0.2) is 5.96 Å². The number of aliphatic imine (C=N–C) groups is 1. The number of halogens is 1. The largest absolute Gasteiger partial charge is 0.377 e. The summed E-state index contributed by atoms with van der Waals surface area (Å²) in [5.41, 5.74) is 0. The van der Waals surface area contributed by atoms with Gasteiger partial charge in [0.1, 0.15) is 0 Å². The van der Waals surface area contributed by atoms with Crippen LogP contribution in [0.5, 0.6) is 0 Å². The number of hydrogen-bond acceptors (Lipinski definition) is 4. The topological polar surface area (TPSA) is 75.2 Å². The average molecular weight is 508 g/mol. The lowest BCUT2D eigenvalue weighted by molar-refractivity contribution is -0.134. The Morgan fingerprint density at radius 2 is 2.04 bits per heavy atom. The van der Waals surface area contributed by atoms with Crippen molar-refractivity contribution in [1.29, 1.82) is 0 Å². The van der Waals surface area contributed by atoms with Gasteiger partial charge in [0.25, 0.3) is 0 Å². The number of amides is 1. The molecular weight excluding hydrogens is 471 g/mol. The molecule has 0 aromatic carbocycles. The first-order chi connectivity index (χ1) is 13.3. The van der Waals surface area contributed by atoms with Crippen molar-refractivity contribution < 1.29 is 14.3 Å². The van der Waals surface area contributed by atoms with Gasteiger partial charge in [0.05, 0.1) is 25.9 Å². The first kappa shape index (κ1) is 23.7. The Kier molecular flexibility index (Phi) is 10.9. The minimum absolute atomic E-state index is 0. The summed E-state index contributed by atoms with van der Waals surface area (Å²) >= 11 is 0. The van der Waals surface area contributed by atoms with Crippen molar-refractivity contribution in [1.82, 2.24) is 15.5 Å². The molecule has 2 unspecified atom stereocenters. The second-order valence-corrected chi connectivity index (χ2v) is 7.87. The molecule has 1 aliphatic carbocycles. The second-order valence-electron chi connectivity index (χ2n) is 7.87. The summed E-state index contributed by atoms with van der Waals surface area (Å²) in [5, 5.41) is 6.78. The van der Waals surface area contributed by atoms with E-state index in [-0.39, 0.29) is 42.0 Å². The third kappa shape index (κ3) is 7.33. The molecule has 8 heteroatoms. The summed E-state index contributed by atoms with van der Waals surface area (Å²) in [6, 6.07) is 0.279. The molecule has 162 valence electrons. The molecule has 3 rings (SSSR count). The molecule has 7 nitrogen and oxygen atoms in total. The van der Waals surface area contributed by atoms with Gasteiger partial charge in [-0.1, -0.05) is 12.8 Å². The predicted octanol–water partition coefficient (Wildman–Crippen LogP) is 2.15. The summed E-state index contributed by atoms with van der Waals surface area (Å²) in [6.45, 7) is 7.29. The predicted molar refractivity (Wildman–Crippen MR) is 121 cm³/mol. The van der Waals surface area contributed by atoms with Crippen LogP contribution in [0.15, 0.2) is 4.99 Å². The third-order valence-electron chi connectivity index (χ3n) is 5.72. The van der Waals surface area contributed by atoms with Gasteiger partial charge in [0, 0.05) is 38.2 Å². The number of rotatable bonds is 8. The fourth-order valence-corrected chi connectivity index (χ4v) is 4.24. The van der Waals surface area contributed by atoms with Crippen LogP contribution in [0, 0.1) is 5.92 Å². The number of carbonyl (C=O) groups excluding carboxylic acids is 1. The maximum atomic E-state index is 12.6. The summed E-state index contributed by atoms with van der Waals surface area (Å²) in [7, 11) is 0. The van der Waals surface area contributed by atoms with E-state index >= 15 is 0 Å². The highest BCUT2D eigenvalue weighted by atomic mass is 127. The molecule has 2 N–H and O–H groups in total. The monoisotopic (exact) mass is 508 g/mol. The van der Waals surface area contributed by atoms with E-state index in [1.54, 1.807) is 0 Å². The zero-order chi connectivity index (χ0) is 18.9. The molecule has 0 aromatic rings. The van der Waals surface area contributed by atoms with E-state index in [9.17, 15) is 4.79 Å². The molecule has 3 fully saturated rings. The fourth-order valence-electron chi connectivity index (χ4n) is 4.24. The van der Waals surface area contributed by atoms with Crippen molar-refractivity contribution in [2.75, 3.05) is 46.0 Å². The summed E-state index contributed by atoms with van der Waals surface area (Å²) < 4.78 is 11.2. The van der Waals surface area contributed by atoms with Gasteiger partial charge in [0.2, 0.25) is 5.91 Å². The lowest BCUT2D eigenvalue weighted by Crippen LogP contribution is -2.45. The number of carbonyl (C=O) groups is 1. The highest BCUT2D eigenvalue weighted by molar-refractivity contribution is 14.0. The Morgan fingerprint density at radius 1 is 1.21 bits per heavy atom. The van der Waals surface area contributed by atoms with Gasteiger partial charge < -0.3 is 25.0 Å². The molecule has 28 heavy (non-hydrogen) atoms. The highest BCUT2D eigenvalue weighted by Crippen LogP contribution is 2.27. The highest BCUT2D eigenvalue weighted by Gasteiger charge is 2.32. The molecule has 0 bridgehead atoms. The minimum atomic E-state index is 0. The van der Waals surface area contributed by atoms with Crippen LogP contribution < -0.4 is 10.6 Å². The van der Waals surface area contributed by atoms with Crippen LogP contribution in [0.25, 0.3) is 0 Å². The molecular formula is C20H37IN4O3. The van der Waals surface area contributed by atoms with Gasteiger partial charge in [-0.25, -0.2) is 0 Å². The Morgan fingerprint density at radius 3 is 2.75 bits per heavy atom. The number of nitrogens with zero attached hydrogens (tertiary/aromatic N) is 2. The molecule has 0 spiro atoms. The van der Waals surface area contributed by atoms with Crippen molar-refractivity contribution in [3.63, 3.8) is 0 Å². The van der Waals surface area contributed by atoms with E-state index in [0.29, 0.717) is 25.7 Å². The molecule has 1 saturated carbocycles. The van der Waals surface area contributed by atoms with Gasteiger partial charge in [-0.15, -0.1) is 24.0 Å². The maximum Gasteiger partial charge on any atom is 0.225 e. The number of likely N-dealkylation sites (tertiary alicyclic amines) is 1. The van der Waals surface area contributed by atoms with E-state index in [2.05, 4.69) is 22.5 Å². The van der Waals surface area contributed by atoms with Crippen LogP contribution >= 0.6 is 24.0 Å². The standard InChI is InChI=1S/C20H36N4O3.HI/c1-2-21-20(22-10-13-26-15-18-8-5-12-27-18)23-17-9-11-24(14-17)19(25)16-6-3-4-7-16;/h16-18H,2-15H2,1H3,(H2,21,22,23);1H. The van der Waals surface area contributed by atoms with Crippen molar-refractivity contribution in [2.45, 2.75) is 64.0 Å². The number of guanidine groups is 1. The van der Waals surface area contributed by atoms with E-state index in [1.165, 1.54) is 12.8 Å².